The third-order valence-electron chi connectivity index (χ3n) is 4.51. The third-order valence-corrected chi connectivity index (χ3v) is 5.64. The molecule has 1 N–H and O–H groups in total. The molecule has 5 nitrogen and oxygen atoms in total. The first-order valence-corrected chi connectivity index (χ1v) is 10.4. The SMILES string of the molecule is CSc1ccccc1C(=O)N1CCN(CC(=O)Nc2ccccc2Cl)CC1. The van der Waals surface area contributed by atoms with Gasteiger partial charge in [0.05, 0.1) is 22.8 Å². The predicted molar refractivity (Wildman–Crippen MR) is 111 cm³/mol. The smallest absolute Gasteiger partial charge is 0.255 e. The Morgan fingerprint density at radius 2 is 1.70 bits per heavy atom. The number of hydrogen-bond donors (Lipinski definition) is 1. The number of carbonyl (C=O) groups excluding carboxylic acids is 2. The summed E-state index contributed by atoms with van der Waals surface area (Å²) in [5.41, 5.74) is 1.36. The number of para-hydroxylation sites is 1. The summed E-state index contributed by atoms with van der Waals surface area (Å²) in [6.07, 6.45) is 1.97. The van der Waals surface area contributed by atoms with E-state index in [0.29, 0.717) is 36.9 Å². The highest BCUT2D eigenvalue weighted by Crippen LogP contribution is 2.22. The number of anilines is 1. The fourth-order valence-corrected chi connectivity index (χ4v) is 3.83. The number of carbonyl (C=O) groups is 2. The van der Waals surface area contributed by atoms with Crippen LogP contribution < -0.4 is 5.32 Å². The van der Waals surface area contributed by atoms with E-state index in [4.69, 9.17) is 11.6 Å². The summed E-state index contributed by atoms with van der Waals surface area (Å²) in [6.45, 7) is 2.85. The number of benzene rings is 2. The molecular weight excluding hydrogens is 382 g/mol. The Morgan fingerprint density at radius 3 is 2.41 bits per heavy atom. The van der Waals surface area contributed by atoms with Gasteiger partial charge in [0.15, 0.2) is 0 Å². The number of halogens is 1. The minimum Gasteiger partial charge on any atom is -0.336 e. The summed E-state index contributed by atoms with van der Waals surface area (Å²) in [6, 6.07) is 14.8. The largest absolute Gasteiger partial charge is 0.336 e. The van der Waals surface area contributed by atoms with Crippen molar-refractivity contribution in [1.82, 2.24) is 9.80 Å². The van der Waals surface area contributed by atoms with Gasteiger partial charge in [-0.3, -0.25) is 14.5 Å². The van der Waals surface area contributed by atoms with Gasteiger partial charge in [-0.05, 0) is 30.5 Å². The molecule has 27 heavy (non-hydrogen) atoms. The summed E-state index contributed by atoms with van der Waals surface area (Å²) in [5.74, 6) is -0.0456. The van der Waals surface area contributed by atoms with E-state index in [0.717, 1.165) is 10.5 Å². The van der Waals surface area contributed by atoms with Crippen LogP contribution in [-0.2, 0) is 4.79 Å². The molecule has 142 valence electrons. The van der Waals surface area contributed by atoms with E-state index < -0.39 is 0 Å². The fraction of sp³-hybridized carbons (Fsp3) is 0.300. The third kappa shape index (κ3) is 5.03. The Bertz CT molecular complexity index is 822. The summed E-state index contributed by atoms with van der Waals surface area (Å²) >= 11 is 7.65. The second kappa shape index (κ2) is 9.26. The monoisotopic (exact) mass is 403 g/mol. The molecule has 1 aliphatic rings. The van der Waals surface area contributed by atoms with Crippen LogP contribution in [0.4, 0.5) is 5.69 Å². The van der Waals surface area contributed by atoms with Crippen LogP contribution in [0.25, 0.3) is 0 Å². The lowest BCUT2D eigenvalue weighted by molar-refractivity contribution is -0.117. The molecule has 1 heterocycles. The van der Waals surface area contributed by atoms with Crippen molar-refractivity contribution in [2.24, 2.45) is 0 Å². The van der Waals surface area contributed by atoms with E-state index in [2.05, 4.69) is 10.2 Å². The van der Waals surface area contributed by atoms with Crippen molar-refractivity contribution in [3.8, 4) is 0 Å². The molecule has 1 aliphatic heterocycles. The Morgan fingerprint density at radius 1 is 1.04 bits per heavy atom. The molecule has 0 aliphatic carbocycles. The topological polar surface area (TPSA) is 52.7 Å². The quantitative estimate of drug-likeness (QED) is 0.777. The van der Waals surface area contributed by atoms with E-state index in [9.17, 15) is 9.59 Å². The van der Waals surface area contributed by atoms with E-state index >= 15 is 0 Å². The first-order chi connectivity index (χ1) is 13.1. The average Bonchev–Trinajstić information content (AvgIpc) is 2.69. The molecule has 2 aromatic rings. The van der Waals surface area contributed by atoms with Crippen LogP contribution in [0.1, 0.15) is 10.4 Å². The lowest BCUT2D eigenvalue weighted by Gasteiger charge is -2.34. The molecule has 1 fully saturated rings. The van der Waals surface area contributed by atoms with Crippen molar-refractivity contribution in [2.45, 2.75) is 4.90 Å². The summed E-state index contributed by atoms with van der Waals surface area (Å²) < 4.78 is 0. The standard InChI is InChI=1S/C20H22ClN3O2S/c1-27-18-9-5-2-6-15(18)20(26)24-12-10-23(11-13-24)14-19(25)22-17-8-4-3-7-16(17)21/h2-9H,10-14H2,1H3,(H,22,25). The molecule has 0 bridgehead atoms. The number of rotatable bonds is 5. The van der Waals surface area contributed by atoms with E-state index in [1.165, 1.54) is 0 Å². The van der Waals surface area contributed by atoms with Gasteiger partial charge in [-0.2, -0.15) is 0 Å². The van der Waals surface area contributed by atoms with E-state index in [-0.39, 0.29) is 18.4 Å². The van der Waals surface area contributed by atoms with Crippen LogP contribution in [0.15, 0.2) is 53.4 Å². The van der Waals surface area contributed by atoms with Crippen molar-refractivity contribution < 1.29 is 9.59 Å². The Kier molecular flexibility index (Phi) is 6.77. The van der Waals surface area contributed by atoms with Gasteiger partial charge >= 0.3 is 0 Å². The Balaban J connectivity index is 1.52. The fourth-order valence-electron chi connectivity index (χ4n) is 3.06. The second-order valence-electron chi connectivity index (χ2n) is 6.30. The summed E-state index contributed by atoms with van der Waals surface area (Å²) in [4.78, 5) is 29.9. The number of thioether (sulfide) groups is 1. The number of nitrogens with one attached hydrogen (secondary N) is 1. The lowest BCUT2D eigenvalue weighted by atomic mass is 10.2. The van der Waals surface area contributed by atoms with Crippen LogP contribution in [-0.4, -0.2) is 60.6 Å². The molecule has 2 aromatic carbocycles. The van der Waals surface area contributed by atoms with Crippen LogP contribution in [0, 0.1) is 0 Å². The molecule has 2 amide bonds. The second-order valence-corrected chi connectivity index (χ2v) is 7.55. The number of nitrogens with zero attached hydrogens (tertiary/aromatic N) is 2. The van der Waals surface area contributed by atoms with Crippen LogP contribution in [0.2, 0.25) is 5.02 Å². The van der Waals surface area contributed by atoms with Crippen LogP contribution in [0.3, 0.4) is 0 Å². The molecule has 7 heteroatoms. The maximum Gasteiger partial charge on any atom is 0.255 e. The number of piperazine rings is 1. The predicted octanol–water partition coefficient (Wildman–Crippen LogP) is 3.46. The van der Waals surface area contributed by atoms with Gasteiger partial charge in [-0.25, -0.2) is 0 Å². The van der Waals surface area contributed by atoms with Gasteiger partial charge in [-0.1, -0.05) is 35.9 Å². The summed E-state index contributed by atoms with van der Waals surface area (Å²) in [5, 5.41) is 3.36. The molecule has 0 saturated carbocycles. The molecule has 0 aromatic heterocycles. The maximum atomic E-state index is 12.8. The van der Waals surface area contributed by atoms with Crippen LogP contribution in [0.5, 0.6) is 0 Å². The Hall–Kier alpha value is -2.02. The minimum atomic E-state index is -0.101. The first kappa shape index (κ1) is 19.7. The van der Waals surface area contributed by atoms with Crippen molar-refractivity contribution in [1.29, 1.82) is 0 Å². The molecular formula is C20H22ClN3O2S. The van der Waals surface area contributed by atoms with Gasteiger partial charge in [-0.15, -0.1) is 11.8 Å². The van der Waals surface area contributed by atoms with E-state index in [1.807, 2.05) is 47.6 Å². The van der Waals surface area contributed by atoms with E-state index in [1.54, 1.807) is 23.9 Å². The molecule has 0 unspecified atom stereocenters. The van der Waals surface area contributed by atoms with Crippen molar-refractivity contribution >= 4 is 40.9 Å². The molecule has 0 spiro atoms. The molecule has 1 saturated heterocycles. The highest BCUT2D eigenvalue weighted by atomic mass is 35.5. The zero-order chi connectivity index (χ0) is 19.2. The number of hydrogen-bond acceptors (Lipinski definition) is 4. The first-order valence-electron chi connectivity index (χ1n) is 8.77. The highest BCUT2D eigenvalue weighted by molar-refractivity contribution is 7.98. The Labute approximate surface area is 168 Å². The van der Waals surface area contributed by atoms with Gasteiger partial charge in [0.25, 0.3) is 5.91 Å². The zero-order valence-corrected chi connectivity index (χ0v) is 16.7. The van der Waals surface area contributed by atoms with Gasteiger partial charge in [0.2, 0.25) is 5.91 Å². The molecule has 3 rings (SSSR count). The van der Waals surface area contributed by atoms with Crippen LogP contribution >= 0.6 is 23.4 Å². The molecule has 0 radical (unpaired) electrons. The highest BCUT2D eigenvalue weighted by Gasteiger charge is 2.24. The van der Waals surface area contributed by atoms with Crippen molar-refractivity contribution in [3.05, 3.63) is 59.1 Å². The zero-order valence-electron chi connectivity index (χ0n) is 15.2. The number of amides is 2. The maximum absolute atomic E-state index is 12.8. The normalized spacial score (nSPS) is 14.8. The lowest BCUT2D eigenvalue weighted by Crippen LogP contribution is -2.50. The molecule has 0 atom stereocenters. The average molecular weight is 404 g/mol. The van der Waals surface area contributed by atoms with Crippen molar-refractivity contribution in [3.63, 3.8) is 0 Å². The van der Waals surface area contributed by atoms with Gasteiger partial charge in [0.1, 0.15) is 0 Å². The minimum absolute atomic E-state index is 0.0557. The summed E-state index contributed by atoms with van der Waals surface area (Å²) in [7, 11) is 0. The van der Waals surface area contributed by atoms with Gasteiger partial charge in [0, 0.05) is 31.1 Å². The van der Waals surface area contributed by atoms with Crippen molar-refractivity contribution in [2.75, 3.05) is 44.3 Å². The van der Waals surface area contributed by atoms with Gasteiger partial charge < -0.3 is 10.2 Å².